The van der Waals surface area contributed by atoms with Crippen LogP contribution in [0.2, 0.25) is 5.02 Å². The summed E-state index contributed by atoms with van der Waals surface area (Å²) in [6.07, 6.45) is 1.15. The third-order valence-electron chi connectivity index (χ3n) is 2.80. The zero-order valence-corrected chi connectivity index (χ0v) is 9.20. The molecule has 1 nitrogen and oxygen atoms in total. The SMILES string of the molecule is Fc1ccc(C(F)(F)C2CCCN2)cc1Cl. The van der Waals surface area contributed by atoms with Crippen molar-refractivity contribution in [3.05, 3.63) is 34.6 Å². The van der Waals surface area contributed by atoms with Gasteiger partial charge in [-0.25, -0.2) is 4.39 Å². The Kier molecular flexibility index (Phi) is 3.13. The highest BCUT2D eigenvalue weighted by Crippen LogP contribution is 2.36. The number of hydrogen-bond acceptors (Lipinski definition) is 1. The highest BCUT2D eigenvalue weighted by atomic mass is 35.5. The van der Waals surface area contributed by atoms with Gasteiger partial charge in [0, 0.05) is 5.56 Å². The Labute approximate surface area is 96.6 Å². The summed E-state index contributed by atoms with van der Waals surface area (Å²) >= 11 is 5.50. The van der Waals surface area contributed by atoms with E-state index in [1.165, 1.54) is 0 Å². The molecule has 0 spiro atoms. The fourth-order valence-corrected chi connectivity index (χ4v) is 2.08. The van der Waals surface area contributed by atoms with Crippen LogP contribution in [0.3, 0.4) is 0 Å². The van der Waals surface area contributed by atoms with E-state index in [0.717, 1.165) is 24.6 Å². The van der Waals surface area contributed by atoms with Gasteiger partial charge in [0.2, 0.25) is 0 Å². The van der Waals surface area contributed by atoms with Gasteiger partial charge in [-0.15, -0.1) is 0 Å². The van der Waals surface area contributed by atoms with Gasteiger partial charge in [-0.05, 0) is 37.6 Å². The summed E-state index contributed by atoms with van der Waals surface area (Å²) in [6.45, 7) is 0.592. The molecular formula is C11H11ClF3N. The zero-order chi connectivity index (χ0) is 11.8. The molecule has 1 atom stereocenters. The van der Waals surface area contributed by atoms with E-state index in [0.29, 0.717) is 13.0 Å². The van der Waals surface area contributed by atoms with Crippen LogP contribution in [0.1, 0.15) is 18.4 Å². The Bertz CT molecular complexity index is 389. The first kappa shape index (κ1) is 11.7. The monoisotopic (exact) mass is 249 g/mol. The lowest BCUT2D eigenvalue weighted by molar-refractivity contribution is -0.0376. The summed E-state index contributed by atoms with van der Waals surface area (Å²) in [5, 5.41) is 2.47. The van der Waals surface area contributed by atoms with Crippen molar-refractivity contribution in [1.29, 1.82) is 0 Å². The van der Waals surface area contributed by atoms with Crippen molar-refractivity contribution in [2.75, 3.05) is 6.54 Å². The van der Waals surface area contributed by atoms with Gasteiger partial charge in [-0.2, -0.15) is 8.78 Å². The summed E-state index contributed by atoms with van der Waals surface area (Å²) in [6, 6.07) is 2.17. The van der Waals surface area contributed by atoms with Gasteiger partial charge in [-0.1, -0.05) is 11.6 Å². The molecule has 0 bridgehead atoms. The quantitative estimate of drug-likeness (QED) is 0.848. The van der Waals surface area contributed by atoms with Crippen LogP contribution in [0.4, 0.5) is 13.2 Å². The number of hydrogen-bond donors (Lipinski definition) is 1. The number of benzene rings is 1. The van der Waals surface area contributed by atoms with Crippen LogP contribution in [-0.2, 0) is 5.92 Å². The van der Waals surface area contributed by atoms with Gasteiger partial charge in [-0.3, -0.25) is 0 Å². The third-order valence-corrected chi connectivity index (χ3v) is 3.09. The molecule has 1 aromatic carbocycles. The van der Waals surface area contributed by atoms with Crippen LogP contribution < -0.4 is 5.32 Å². The normalized spacial score (nSPS) is 21.4. The molecule has 88 valence electrons. The van der Waals surface area contributed by atoms with Gasteiger partial charge < -0.3 is 5.32 Å². The minimum Gasteiger partial charge on any atom is -0.308 e. The molecule has 0 amide bonds. The van der Waals surface area contributed by atoms with Crippen molar-refractivity contribution in [2.24, 2.45) is 0 Å². The standard InChI is InChI=1S/C11H11ClF3N/c12-8-6-7(3-4-9(8)13)11(14,15)10-2-1-5-16-10/h3-4,6,10,16H,1-2,5H2. The Morgan fingerprint density at radius 2 is 2.12 bits per heavy atom. The maximum absolute atomic E-state index is 13.9. The maximum Gasteiger partial charge on any atom is 0.288 e. The van der Waals surface area contributed by atoms with E-state index in [1.54, 1.807) is 0 Å². The van der Waals surface area contributed by atoms with E-state index in [1.807, 2.05) is 0 Å². The van der Waals surface area contributed by atoms with Gasteiger partial charge in [0.25, 0.3) is 5.92 Å². The maximum atomic E-state index is 13.9. The topological polar surface area (TPSA) is 12.0 Å². The van der Waals surface area contributed by atoms with Crippen LogP contribution in [0.25, 0.3) is 0 Å². The molecule has 0 aliphatic carbocycles. The molecule has 5 heteroatoms. The number of alkyl halides is 2. The first-order valence-corrected chi connectivity index (χ1v) is 5.46. The van der Waals surface area contributed by atoms with E-state index in [2.05, 4.69) is 5.32 Å². The fraction of sp³-hybridized carbons (Fsp3) is 0.455. The van der Waals surface area contributed by atoms with E-state index < -0.39 is 17.8 Å². The van der Waals surface area contributed by atoms with E-state index >= 15 is 0 Å². The highest BCUT2D eigenvalue weighted by Gasteiger charge is 2.42. The van der Waals surface area contributed by atoms with Crippen LogP contribution >= 0.6 is 11.6 Å². The zero-order valence-electron chi connectivity index (χ0n) is 8.44. The lowest BCUT2D eigenvalue weighted by Crippen LogP contribution is -2.38. The molecule has 0 radical (unpaired) electrons. The van der Waals surface area contributed by atoms with Crippen molar-refractivity contribution in [3.63, 3.8) is 0 Å². The molecule has 1 aliphatic rings. The van der Waals surface area contributed by atoms with Crippen molar-refractivity contribution in [1.82, 2.24) is 5.32 Å². The average Bonchev–Trinajstić information content (AvgIpc) is 2.75. The molecule has 1 aromatic rings. The van der Waals surface area contributed by atoms with Crippen molar-refractivity contribution in [3.8, 4) is 0 Å². The Morgan fingerprint density at radius 1 is 1.38 bits per heavy atom. The van der Waals surface area contributed by atoms with E-state index in [-0.39, 0.29) is 10.6 Å². The summed E-state index contributed by atoms with van der Waals surface area (Å²) in [5.41, 5.74) is -0.238. The van der Waals surface area contributed by atoms with Gasteiger partial charge in [0.05, 0.1) is 11.1 Å². The largest absolute Gasteiger partial charge is 0.308 e. The predicted molar refractivity (Wildman–Crippen MR) is 56.3 cm³/mol. The first-order valence-electron chi connectivity index (χ1n) is 5.08. The molecule has 0 aromatic heterocycles. The van der Waals surface area contributed by atoms with Crippen molar-refractivity contribution in [2.45, 2.75) is 24.8 Å². The number of halogens is 4. The second kappa shape index (κ2) is 4.26. The van der Waals surface area contributed by atoms with Gasteiger partial charge in [0.15, 0.2) is 0 Å². The molecule has 1 N–H and O–H groups in total. The van der Waals surface area contributed by atoms with Crippen LogP contribution in [-0.4, -0.2) is 12.6 Å². The Balaban J connectivity index is 2.30. The number of rotatable bonds is 2. The smallest absolute Gasteiger partial charge is 0.288 e. The molecule has 0 saturated carbocycles. The van der Waals surface area contributed by atoms with Crippen molar-refractivity contribution < 1.29 is 13.2 Å². The number of nitrogens with one attached hydrogen (secondary N) is 1. The molecule has 1 saturated heterocycles. The fourth-order valence-electron chi connectivity index (χ4n) is 1.90. The Morgan fingerprint density at radius 3 is 2.69 bits per heavy atom. The molecule has 1 unspecified atom stereocenters. The van der Waals surface area contributed by atoms with Crippen molar-refractivity contribution >= 4 is 11.6 Å². The minimum atomic E-state index is -3.01. The van der Waals surface area contributed by atoms with E-state index in [9.17, 15) is 13.2 Å². The lowest BCUT2D eigenvalue weighted by atomic mass is 10.00. The highest BCUT2D eigenvalue weighted by molar-refractivity contribution is 6.30. The van der Waals surface area contributed by atoms with Gasteiger partial charge >= 0.3 is 0 Å². The predicted octanol–water partition coefficient (Wildman–Crippen LogP) is 3.32. The van der Waals surface area contributed by atoms with Crippen LogP contribution in [0.15, 0.2) is 18.2 Å². The third kappa shape index (κ3) is 2.04. The molecule has 2 rings (SSSR count). The molecular weight excluding hydrogens is 239 g/mol. The van der Waals surface area contributed by atoms with E-state index in [4.69, 9.17) is 11.6 Å². The first-order chi connectivity index (χ1) is 7.51. The second-order valence-electron chi connectivity index (χ2n) is 3.90. The van der Waals surface area contributed by atoms with Crippen LogP contribution in [0.5, 0.6) is 0 Å². The minimum absolute atomic E-state index is 0.238. The molecule has 1 heterocycles. The summed E-state index contributed by atoms with van der Waals surface area (Å²) in [4.78, 5) is 0. The summed E-state index contributed by atoms with van der Waals surface area (Å²) in [7, 11) is 0. The van der Waals surface area contributed by atoms with Gasteiger partial charge in [0.1, 0.15) is 5.82 Å². The lowest BCUT2D eigenvalue weighted by Gasteiger charge is -2.23. The molecule has 16 heavy (non-hydrogen) atoms. The average molecular weight is 250 g/mol. The molecule has 1 aliphatic heterocycles. The van der Waals surface area contributed by atoms with Crippen LogP contribution in [0, 0.1) is 5.82 Å². The Hall–Kier alpha value is -0.740. The second-order valence-corrected chi connectivity index (χ2v) is 4.31. The molecule has 1 fully saturated rings. The summed E-state index contributed by atoms with van der Waals surface area (Å²) in [5.74, 6) is -3.69. The summed E-state index contributed by atoms with van der Waals surface area (Å²) < 4.78 is 40.7.